The first-order valence-corrected chi connectivity index (χ1v) is 10.4. The molecule has 0 bridgehead atoms. The molecule has 1 aromatic carbocycles. The smallest absolute Gasteiger partial charge is 0.119 e. The Balaban J connectivity index is 0.00000210. The number of rotatable bonds is 5. The van der Waals surface area contributed by atoms with Crippen molar-refractivity contribution in [3.8, 4) is 5.75 Å². The lowest BCUT2D eigenvalue weighted by Gasteiger charge is -2.46. The molecule has 0 spiro atoms. The molecule has 2 fully saturated rings. The van der Waals surface area contributed by atoms with E-state index in [4.69, 9.17) is 14.2 Å². The van der Waals surface area contributed by atoms with E-state index in [0.29, 0.717) is 23.8 Å². The highest BCUT2D eigenvalue weighted by Crippen LogP contribution is 2.47. The molecule has 3 atom stereocenters. The topological polar surface area (TPSA) is 39.7 Å². The van der Waals surface area contributed by atoms with Crippen molar-refractivity contribution in [3.63, 3.8) is 0 Å². The van der Waals surface area contributed by atoms with Gasteiger partial charge in [0.05, 0.1) is 12.7 Å². The molecule has 4 rings (SSSR count). The summed E-state index contributed by atoms with van der Waals surface area (Å²) in [6, 6.07) is 7.02. The van der Waals surface area contributed by atoms with Gasteiger partial charge in [0.2, 0.25) is 0 Å². The van der Waals surface area contributed by atoms with Crippen LogP contribution in [-0.2, 0) is 9.47 Å². The summed E-state index contributed by atoms with van der Waals surface area (Å²) in [5.41, 5.74) is 2.53. The third kappa shape index (κ3) is 4.72. The van der Waals surface area contributed by atoms with Crippen LogP contribution in [0.4, 0.5) is 5.69 Å². The summed E-state index contributed by atoms with van der Waals surface area (Å²) in [4.78, 5) is 0. The van der Waals surface area contributed by atoms with Crippen LogP contribution in [0.25, 0.3) is 0 Å². The summed E-state index contributed by atoms with van der Waals surface area (Å²) in [7, 11) is 0. The molecule has 0 amide bonds. The van der Waals surface area contributed by atoms with Crippen LogP contribution in [-0.4, -0.2) is 32.5 Å². The van der Waals surface area contributed by atoms with Gasteiger partial charge in [-0.3, -0.25) is 0 Å². The van der Waals surface area contributed by atoms with E-state index in [1.165, 1.54) is 24.1 Å². The molecule has 27 heavy (non-hydrogen) atoms. The monoisotopic (exact) mass is 395 g/mol. The first-order valence-electron chi connectivity index (χ1n) is 10.4. The average Bonchev–Trinajstić information content (AvgIpc) is 2.68. The summed E-state index contributed by atoms with van der Waals surface area (Å²) < 4.78 is 17.9. The number of halogens is 1. The van der Waals surface area contributed by atoms with Crippen molar-refractivity contribution in [2.75, 3.05) is 31.7 Å². The fourth-order valence-corrected chi connectivity index (χ4v) is 4.73. The molecule has 0 aliphatic carbocycles. The highest BCUT2D eigenvalue weighted by Gasteiger charge is 2.42. The third-order valence-corrected chi connectivity index (χ3v) is 6.22. The van der Waals surface area contributed by atoms with Crippen LogP contribution >= 0.6 is 12.4 Å². The molecular weight excluding hydrogens is 362 g/mol. The van der Waals surface area contributed by atoms with E-state index in [9.17, 15) is 0 Å². The number of hydrogen-bond acceptors (Lipinski definition) is 4. The Kier molecular flexibility index (Phi) is 7.29. The van der Waals surface area contributed by atoms with Crippen molar-refractivity contribution in [2.45, 2.75) is 58.1 Å². The summed E-state index contributed by atoms with van der Waals surface area (Å²) in [5.74, 6) is 2.89. The van der Waals surface area contributed by atoms with E-state index in [0.717, 1.165) is 51.4 Å². The number of anilines is 1. The quantitative estimate of drug-likeness (QED) is 0.741. The standard InChI is InChI=1S/C22H33NO3.ClH/c1-15(2)7-13-25-17-5-6-20-19(14-17)22-18(4-3-10-26-22)21(23-20)16-8-11-24-12-9-16;/h5-6,14-16,18,21-23H,3-4,7-13H2,1-2H3;1H/t18-,21+,22-;/m0./s1. The molecule has 1 N–H and O–H groups in total. The molecule has 0 saturated carbocycles. The number of hydrogen-bond donors (Lipinski definition) is 1. The maximum Gasteiger partial charge on any atom is 0.119 e. The lowest BCUT2D eigenvalue weighted by molar-refractivity contribution is -0.0518. The minimum atomic E-state index is 0. The molecule has 3 aliphatic heterocycles. The normalized spacial score (nSPS) is 27.9. The van der Waals surface area contributed by atoms with Gasteiger partial charge in [-0.05, 0) is 62.1 Å². The Morgan fingerprint density at radius 3 is 2.74 bits per heavy atom. The minimum Gasteiger partial charge on any atom is -0.494 e. The van der Waals surface area contributed by atoms with Gasteiger partial charge in [-0.15, -0.1) is 12.4 Å². The third-order valence-electron chi connectivity index (χ3n) is 6.22. The molecule has 5 heteroatoms. The number of benzene rings is 1. The van der Waals surface area contributed by atoms with E-state index in [1.807, 2.05) is 0 Å². The molecule has 0 unspecified atom stereocenters. The Morgan fingerprint density at radius 2 is 1.96 bits per heavy atom. The van der Waals surface area contributed by atoms with Gasteiger partial charge in [0.15, 0.2) is 0 Å². The van der Waals surface area contributed by atoms with Gasteiger partial charge in [-0.2, -0.15) is 0 Å². The Bertz CT molecular complexity index is 603. The Morgan fingerprint density at radius 1 is 1.15 bits per heavy atom. The zero-order chi connectivity index (χ0) is 17.9. The fourth-order valence-electron chi connectivity index (χ4n) is 4.73. The van der Waals surface area contributed by atoms with Crippen molar-refractivity contribution in [3.05, 3.63) is 23.8 Å². The average molecular weight is 396 g/mol. The molecule has 2 saturated heterocycles. The summed E-state index contributed by atoms with van der Waals surface area (Å²) in [6.45, 7) is 7.92. The van der Waals surface area contributed by atoms with Crippen LogP contribution in [0, 0.1) is 17.8 Å². The SMILES string of the molecule is CC(C)CCOc1ccc2c(c1)[C@H]1OCCC[C@H]1[C@@H](C1CCOCC1)N2.Cl. The van der Waals surface area contributed by atoms with Gasteiger partial charge in [0.25, 0.3) is 0 Å². The zero-order valence-corrected chi connectivity index (χ0v) is 17.4. The summed E-state index contributed by atoms with van der Waals surface area (Å²) in [6.07, 6.45) is 6.03. The van der Waals surface area contributed by atoms with Crippen LogP contribution in [0.2, 0.25) is 0 Å². The van der Waals surface area contributed by atoms with Crippen LogP contribution in [0.15, 0.2) is 18.2 Å². The molecular formula is C22H34ClNO3. The molecule has 152 valence electrons. The Labute approximate surface area is 169 Å². The van der Waals surface area contributed by atoms with Crippen LogP contribution in [0.1, 0.15) is 57.6 Å². The van der Waals surface area contributed by atoms with Crippen LogP contribution in [0.5, 0.6) is 5.75 Å². The van der Waals surface area contributed by atoms with Crippen molar-refractivity contribution in [2.24, 2.45) is 17.8 Å². The highest BCUT2D eigenvalue weighted by molar-refractivity contribution is 5.85. The van der Waals surface area contributed by atoms with E-state index in [2.05, 4.69) is 37.4 Å². The molecule has 4 nitrogen and oxygen atoms in total. The number of ether oxygens (including phenoxy) is 3. The molecule has 3 heterocycles. The first kappa shape index (κ1) is 20.8. The highest BCUT2D eigenvalue weighted by atomic mass is 35.5. The van der Waals surface area contributed by atoms with Crippen LogP contribution in [0.3, 0.4) is 0 Å². The van der Waals surface area contributed by atoms with Crippen molar-refractivity contribution in [1.29, 1.82) is 0 Å². The van der Waals surface area contributed by atoms with Gasteiger partial charge < -0.3 is 19.5 Å². The lowest BCUT2D eigenvalue weighted by atomic mass is 9.73. The van der Waals surface area contributed by atoms with Crippen molar-refractivity contribution >= 4 is 18.1 Å². The van der Waals surface area contributed by atoms with Crippen molar-refractivity contribution in [1.82, 2.24) is 0 Å². The van der Waals surface area contributed by atoms with E-state index in [-0.39, 0.29) is 18.5 Å². The first-order chi connectivity index (χ1) is 12.7. The second-order valence-electron chi connectivity index (χ2n) is 8.50. The molecule has 3 aliphatic rings. The van der Waals surface area contributed by atoms with E-state index in [1.54, 1.807) is 0 Å². The summed E-state index contributed by atoms with van der Waals surface area (Å²) >= 11 is 0. The van der Waals surface area contributed by atoms with Crippen molar-refractivity contribution < 1.29 is 14.2 Å². The number of nitrogens with one attached hydrogen (secondary N) is 1. The Hall–Kier alpha value is -0.970. The molecule has 0 radical (unpaired) electrons. The zero-order valence-electron chi connectivity index (χ0n) is 16.6. The molecule has 0 aromatic heterocycles. The predicted octanol–water partition coefficient (Wildman–Crippen LogP) is 5.22. The van der Waals surface area contributed by atoms with Gasteiger partial charge in [0, 0.05) is 43.0 Å². The maximum absolute atomic E-state index is 6.30. The fraction of sp³-hybridized carbons (Fsp3) is 0.727. The van der Waals surface area contributed by atoms with Gasteiger partial charge in [-0.1, -0.05) is 13.8 Å². The number of fused-ring (bicyclic) bond motifs is 3. The largest absolute Gasteiger partial charge is 0.494 e. The van der Waals surface area contributed by atoms with Gasteiger partial charge in [-0.25, -0.2) is 0 Å². The van der Waals surface area contributed by atoms with E-state index < -0.39 is 0 Å². The van der Waals surface area contributed by atoms with E-state index >= 15 is 0 Å². The summed E-state index contributed by atoms with van der Waals surface area (Å²) in [5, 5.41) is 3.88. The second-order valence-corrected chi connectivity index (χ2v) is 8.50. The minimum absolute atomic E-state index is 0. The maximum atomic E-state index is 6.30. The van der Waals surface area contributed by atoms with Gasteiger partial charge in [0.1, 0.15) is 5.75 Å². The van der Waals surface area contributed by atoms with Crippen LogP contribution < -0.4 is 10.1 Å². The molecule has 1 aromatic rings. The predicted molar refractivity (Wildman–Crippen MR) is 111 cm³/mol. The van der Waals surface area contributed by atoms with Gasteiger partial charge >= 0.3 is 0 Å². The lowest BCUT2D eigenvalue weighted by Crippen LogP contribution is -2.46. The second kappa shape index (κ2) is 9.49.